The fourth-order valence-corrected chi connectivity index (χ4v) is 2.55. The normalized spacial score (nSPS) is 11.5. The van der Waals surface area contributed by atoms with Crippen LogP contribution in [0.1, 0.15) is 31.9 Å². The smallest absolute Gasteiger partial charge is 0.119 e. The number of hydrogen-bond acceptors (Lipinski definition) is 2. The third-order valence-corrected chi connectivity index (χ3v) is 3.81. The molecular formula is C18H22OS. The number of aryl methyl sites for hydroxylation is 1. The lowest BCUT2D eigenvalue weighted by Gasteiger charge is -2.21. The van der Waals surface area contributed by atoms with Gasteiger partial charge in [0.2, 0.25) is 0 Å². The third kappa shape index (κ3) is 3.18. The molecule has 0 atom stereocenters. The highest BCUT2D eigenvalue weighted by atomic mass is 32.1. The van der Waals surface area contributed by atoms with E-state index in [0.29, 0.717) is 0 Å². The summed E-state index contributed by atoms with van der Waals surface area (Å²) < 4.78 is 5.46. The van der Waals surface area contributed by atoms with Crippen molar-refractivity contribution < 1.29 is 4.74 Å². The summed E-state index contributed by atoms with van der Waals surface area (Å²) in [7, 11) is 1.72. The topological polar surface area (TPSA) is 9.23 Å². The molecule has 0 spiro atoms. The van der Waals surface area contributed by atoms with Gasteiger partial charge in [-0.3, -0.25) is 0 Å². The largest absolute Gasteiger partial charge is 0.497 e. The van der Waals surface area contributed by atoms with Crippen LogP contribution in [0.5, 0.6) is 5.75 Å². The molecule has 2 aromatic rings. The van der Waals surface area contributed by atoms with Gasteiger partial charge in [0.25, 0.3) is 0 Å². The summed E-state index contributed by atoms with van der Waals surface area (Å²) in [6.07, 6.45) is 0. The van der Waals surface area contributed by atoms with Crippen LogP contribution in [0, 0.1) is 6.92 Å². The van der Waals surface area contributed by atoms with Crippen LogP contribution in [-0.2, 0) is 5.41 Å². The highest BCUT2D eigenvalue weighted by Crippen LogP contribution is 2.33. The number of rotatable bonds is 2. The number of benzene rings is 2. The van der Waals surface area contributed by atoms with Crippen molar-refractivity contribution in [2.24, 2.45) is 0 Å². The summed E-state index contributed by atoms with van der Waals surface area (Å²) in [5.74, 6) is 0.904. The Kier molecular flexibility index (Phi) is 4.14. The molecule has 2 heteroatoms. The summed E-state index contributed by atoms with van der Waals surface area (Å²) >= 11 is 4.39. The SMILES string of the molecule is COc1cc(-c2ccc(S)cc2C)cc(C(C)(C)C)c1. The molecule has 0 aliphatic rings. The van der Waals surface area contributed by atoms with Crippen molar-refractivity contribution in [3.63, 3.8) is 0 Å². The Morgan fingerprint density at radius 2 is 1.70 bits per heavy atom. The van der Waals surface area contributed by atoms with Crippen LogP contribution < -0.4 is 4.74 Å². The molecule has 0 unspecified atom stereocenters. The first-order valence-corrected chi connectivity index (χ1v) is 7.25. The Labute approximate surface area is 127 Å². The van der Waals surface area contributed by atoms with E-state index in [0.717, 1.165) is 10.6 Å². The lowest BCUT2D eigenvalue weighted by Crippen LogP contribution is -2.11. The van der Waals surface area contributed by atoms with Gasteiger partial charge in [-0.25, -0.2) is 0 Å². The van der Waals surface area contributed by atoms with Crippen LogP contribution in [0.2, 0.25) is 0 Å². The lowest BCUT2D eigenvalue weighted by atomic mass is 9.85. The van der Waals surface area contributed by atoms with E-state index in [1.54, 1.807) is 7.11 Å². The van der Waals surface area contributed by atoms with Crippen molar-refractivity contribution in [3.05, 3.63) is 47.5 Å². The van der Waals surface area contributed by atoms with E-state index < -0.39 is 0 Å². The van der Waals surface area contributed by atoms with E-state index in [4.69, 9.17) is 4.74 Å². The van der Waals surface area contributed by atoms with Gasteiger partial charge in [-0.2, -0.15) is 0 Å². The average molecular weight is 286 g/mol. The van der Waals surface area contributed by atoms with Crippen LogP contribution in [0.3, 0.4) is 0 Å². The van der Waals surface area contributed by atoms with Crippen molar-refractivity contribution in [2.45, 2.75) is 38.0 Å². The van der Waals surface area contributed by atoms with Gasteiger partial charge < -0.3 is 4.74 Å². The maximum absolute atomic E-state index is 5.46. The zero-order chi connectivity index (χ0) is 14.9. The van der Waals surface area contributed by atoms with E-state index in [9.17, 15) is 0 Å². The number of methoxy groups -OCH3 is 1. The highest BCUT2D eigenvalue weighted by Gasteiger charge is 2.16. The van der Waals surface area contributed by atoms with E-state index in [1.807, 2.05) is 6.07 Å². The van der Waals surface area contributed by atoms with Gasteiger partial charge in [0.15, 0.2) is 0 Å². The molecule has 0 saturated carbocycles. The second-order valence-electron chi connectivity index (χ2n) is 6.20. The van der Waals surface area contributed by atoms with E-state index >= 15 is 0 Å². The van der Waals surface area contributed by atoms with E-state index in [2.05, 4.69) is 70.7 Å². The van der Waals surface area contributed by atoms with Crippen molar-refractivity contribution in [2.75, 3.05) is 7.11 Å². The summed E-state index contributed by atoms with van der Waals surface area (Å²) in [5.41, 5.74) is 5.03. The fraction of sp³-hybridized carbons (Fsp3) is 0.333. The molecule has 0 amide bonds. The minimum absolute atomic E-state index is 0.0979. The van der Waals surface area contributed by atoms with Gasteiger partial charge in [-0.15, -0.1) is 12.6 Å². The first-order valence-electron chi connectivity index (χ1n) is 6.81. The van der Waals surface area contributed by atoms with Gasteiger partial charge in [0.05, 0.1) is 7.11 Å². The van der Waals surface area contributed by atoms with Crippen molar-refractivity contribution in [1.82, 2.24) is 0 Å². The van der Waals surface area contributed by atoms with Gasteiger partial charge in [-0.05, 0) is 58.9 Å². The molecular weight excluding hydrogens is 264 g/mol. The van der Waals surface area contributed by atoms with Gasteiger partial charge in [0, 0.05) is 4.90 Å². The maximum atomic E-state index is 5.46. The Hall–Kier alpha value is -1.41. The Morgan fingerprint density at radius 3 is 2.25 bits per heavy atom. The highest BCUT2D eigenvalue weighted by molar-refractivity contribution is 7.80. The molecule has 0 N–H and O–H groups in total. The van der Waals surface area contributed by atoms with Crippen LogP contribution in [0.15, 0.2) is 41.3 Å². The maximum Gasteiger partial charge on any atom is 0.119 e. The summed E-state index contributed by atoms with van der Waals surface area (Å²) in [6.45, 7) is 8.77. The molecule has 0 aromatic heterocycles. The summed E-state index contributed by atoms with van der Waals surface area (Å²) in [5, 5.41) is 0. The van der Waals surface area contributed by atoms with Gasteiger partial charge >= 0.3 is 0 Å². The molecule has 1 nitrogen and oxygen atoms in total. The van der Waals surface area contributed by atoms with Crippen molar-refractivity contribution >= 4 is 12.6 Å². The average Bonchev–Trinajstić information content (AvgIpc) is 2.37. The molecule has 0 saturated heterocycles. The second-order valence-corrected chi connectivity index (χ2v) is 6.72. The van der Waals surface area contributed by atoms with Gasteiger partial charge in [0.1, 0.15) is 5.75 Å². The van der Waals surface area contributed by atoms with Gasteiger partial charge in [-0.1, -0.05) is 32.9 Å². The quantitative estimate of drug-likeness (QED) is 0.741. The molecule has 2 rings (SSSR count). The van der Waals surface area contributed by atoms with Crippen molar-refractivity contribution in [3.8, 4) is 16.9 Å². The second kappa shape index (κ2) is 5.53. The minimum atomic E-state index is 0.0979. The van der Waals surface area contributed by atoms with E-state index in [1.165, 1.54) is 22.3 Å². The zero-order valence-electron chi connectivity index (χ0n) is 12.8. The first kappa shape index (κ1) is 15.0. The molecule has 20 heavy (non-hydrogen) atoms. The van der Waals surface area contributed by atoms with Crippen molar-refractivity contribution in [1.29, 1.82) is 0 Å². The Balaban J connectivity index is 2.61. The first-order chi connectivity index (χ1) is 9.31. The predicted molar refractivity (Wildman–Crippen MR) is 89.1 cm³/mol. The monoisotopic (exact) mass is 286 g/mol. The molecule has 2 aromatic carbocycles. The molecule has 0 aliphatic heterocycles. The zero-order valence-corrected chi connectivity index (χ0v) is 13.7. The standard InChI is InChI=1S/C18H22OS/c1-12-8-16(20)6-7-17(12)13-9-14(18(2,3)4)11-15(10-13)19-5/h6-11,20H,1-5H3. The van der Waals surface area contributed by atoms with E-state index in [-0.39, 0.29) is 5.41 Å². The molecule has 106 valence electrons. The molecule has 0 bridgehead atoms. The molecule has 0 fully saturated rings. The van der Waals surface area contributed by atoms with Crippen LogP contribution in [0.4, 0.5) is 0 Å². The molecule has 0 radical (unpaired) electrons. The third-order valence-electron chi connectivity index (χ3n) is 3.53. The molecule has 0 heterocycles. The lowest BCUT2D eigenvalue weighted by molar-refractivity contribution is 0.413. The molecule has 0 aliphatic carbocycles. The number of thiol groups is 1. The summed E-state index contributed by atoms with van der Waals surface area (Å²) in [6, 6.07) is 12.7. The number of hydrogen-bond donors (Lipinski definition) is 1. The fourth-order valence-electron chi connectivity index (χ4n) is 2.28. The Bertz CT molecular complexity index is 624. The van der Waals surface area contributed by atoms with Crippen LogP contribution >= 0.6 is 12.6 Å². The van der Waals surface area contributed by atoms with Crippen LogP contribution in [0.25, 0.3) is 11.1 Å². The number of ether oxygens (including phenoxy) is 1. The summed E-state index contributed by atoms with van der Waals surface area (Å²) in [4.78, 5) is 0.991. The minimum Gasteiger partial charge on any atom is -0.497 e. The van der Waals surface area contributed by atoms with Crippen LogP contribution in [-0.4, -0.2) is 7.11 Å². The predicted octanol–water partition coefficient (Wildman–Crippen LogP) is 5.26. The Morgan fingerprint density at radius 1 is 1.00 bits per heavy atom.